The molecule has 20 heavy (non-hydrogen) atoms. The first-order valence-electron chi connectivity index (χ1n) is 6.28. The summed E-state index contributed by atoms with van der Waals surface area (Å²) in [6.45, 7) is 2.04. The Labute approximate surface area is 120 Å². The predicted octanol–water partition coefficient (Wildman–Crippen LogP) is 1.90. The van der Waals surface area contributed by atoms with E-state index in [-0.39, 0.29) is 0 Å². The minimum Gasteiger partial charge on any atom is -0.383 e. The van der Waals surface area contributed by atoms with Gasteiger partial charge in [0, 0.05) is 37.0 Å². The molecule has 0 aliphatic heterocycles. The summed E-state index contributed by atoms with van der Waals surface area (Å²) < 4.78 is 9.17. The van der Waals surface area contributed by atoms with Crippen LogP contribution in [-0.2, 0) is 17.8 Å². The van der Waals surface area contributed by atoms with Gasteiger partial charge in [0.2, 0.25) is 0 Å². The summed E-state index contributed by atoms with van der Waals surface area (Å²) >= 11 is 1.67. The van der Waals surface area contributed by atoms with Gasteiger partial charge in [-0.1, -0.05) is 0 Å². The van der Waals surface area contributed by atoms with E-state index in [1.807, 2.05) is 17.0 Å². The molecule has 0 aromatic carbocycles. The first kappa shape index (κ1) is 13.0. The molecule has 3 rings (SSSR count). The topological polar surface area (TPSA) is 57.8 Å². The van der Waals surface area contributed by atoms with E-state index >= 15 is 0 Å². The normalized spacial score (nSPS) is 11.1. The van der Waals surface area contributed by atoms with Crippen molar-refractivity contribution >= 4 is 11.3 Å². The number of rotatable bonds is 6. The summed E-state index contributed by atoms with van der Waals surface area (Å²) in [4.78, 5) is 4.42. The number of nitrogens with zero attached hydrogens (tertiary/aromatic N) is 5. The highest BCUT2D eigenvalue weighted by molar-refractivity contribution is 7.08. The first-order chi connectivity index (χ1) is 9.88. The predicted molar refractivity (Wildman–Crippen MR) is 76.5 cm³/mol. The molecule has 0 radical (unpaired) electrons. The Kier molecular flexibility index (Phi) is 3.89. The zero-order valence-corrected chi connectivity index (χ0v) is 12.0. The lowest BCUT2D eigenvalue weighted by Crippen LogP contribution is -2.11. The van der Waals surface area contributed by atoms with Crippen molar-refractivity contribution in [3.05, 3.63) is 41.4 Å². The van der Waals surface area contributed by atoms with Crippen molar-refractivity contribution in [2.75, 3.05) is 13.7 Å². The van der Waals surface area contributed by atoms with Crippen molar-refractivity contribution in [2.24, 2.45) is 0 Å². The molecule has 0 unspecified atom stereocenters. The van der Waals surface area contributed by atoms with Crippen LogP contribution in [0.4, 0.5) is 0 Å². The van der Waals surface area contributed by atoms with E-state index in [9.17, 15) is 0 Å². The SMILES string of the molecule is COCCn1cnnc1Cn1ccnc1-c1ccsc1. The molecule has 3 aromatic heterocycles. The zero-order valence-electron chi connectivity index (χ0n) is 11.1. The Morgan fingerprint density at radius 2 is 2.30 bits per heavy atom. The zero-order chi connectivity index (χ0) is 13.8. The van der Waals surface area contributed by atoms with Crippen molar-refractivity contribution < 1.29 is 4.74 Å². The molecule has 0 aliphatic carbocycles. The summed E-state index contributed by atoms with van der Waals surface area (Å²) in [7, 11) is 1.69. The fourth-order valence-corrected chi connectivity index (χ4v) is 2.65. The maximum absolute atomic E-state index is 5.09. The van der Waals surface area contributed by atoms with Crippen molar-refractivity contribution in [1.82, 2.24) is 24.3 Å². The molecule has 7 heteroatoms. The van der Waals surface area contributed by atoms with Crippen molar-refractivity contribution in [1.29, 1.82) is 0 Å². The molecule has 0 fully saturated rings. The minimum atomic E-state index is 0.645. The Hall–Kier alpha value is -1.99. The molecule has 0 N–H and O–H groups in total. The fourth-order valence-electron chi connectivity index (χ4n) is 2.02. The van der Waals surface area contributed by atoms with Crippen LogP contribution in [0.5, 0.6) is 0 Å². The monoisotopic (exact) mass is 289 g/mol. The van der Waals surface area contributed by atoms with Gasteiger partial charge in [0.05, 0.1) is 13.2 Å². The smallest absolute Gasteiger partial charge is 0.152 e. The third-order valence-electron chi connectivity index (χ3n) is 3.04. The summed E-state index contributed by atoms with van der Waals surface area (Å²) in [5.74, 6) is 1.85. The maximum Gasteiger partial charge on any atom is 0.152 e. The first-order valence-corrected chi connectivity index (χ1v) is 7.22. The largest absolute Gasteiger partial charge is 0.383 e. The van der Waals surface area contributed by atoms with Gasteiger partial charge < -0.3 is 13.9 Å². The van der Waals surface area contributed by atoms with Crippen LogP contribution < -0.4 is 0 Å². The molecule has 0 bridgehead atoms. The fraction of sp³-hybridized carbons (Fsp3) is 0.308. The molecular weight excluding hydrogens is 274 g/mol. The molecule has 6 nitrogen and oxygen atoms in total. The molecular formula is C13H15N5OS. The van der Waals surface area contributed by atoms with Gasteiger partial charge in [-0.05, 0) is 11.4 Å². The highest BCUT2D eigenvalue weighted by atomic mass is 32.1. The number of methoxy groups -OCH3 is 1. The average molecular weight is 289 g/mol. The van der Waals surface area contributed by atoms with Crippen LogP contribution in [0, 0.1) is 0 Å². The number of hydrogen-bond acceptors (Lipinski definition) is 5. The van der Waals surface area contributed by atoms with Crippen LogP contribution in [0.2, 0.25) is 0 Å². The summed E-state index contributed by atoms with van der Waals surface area (Å²) in [6.07, 6.45) is 5.50. The number of thiophene rings is 1. The van der Waals surface area contributed by atoms with E-state index in [2.05, 4.69) is 36.6 Å². The van der Waals surface area contributed by atoms with Crippen LogP contribution in [-0.4, -0.2) is 38.0 Å². The second kappa shape index (κ2) is 5.98. The highest BCUT2D eigenvalue weighted by Gasteiger charge is 2.10. The van der Waals surface area contributed by atoms with Gasteiger partial charge in [-0.2, -0.15) is 11.3 Å². The summed E-state index contributed by atoms with van der Waals surface area (Å²) in [6, 6.07) is 2.07. The van der Waals surface area contributed by atoms with Gasteiger partial charge in [0.25, 0.3) is 0 Å². The third-order valence-corrected chi connectivity index (χ3v) is 3.72. The van der Waals surface area contributed by atoms with Gasteiger partial charge in [-0.25, -0.2) is 4.98 Å². The van der Waals surface area contributed by atoms with E-state index in [1.165, 1.54) is 0 Å². The van der Waals surface area contributed by atoms with E-state index in [1.54, 1.807) is 24.8 Å². The van der Waals surface area contributed by atoms with Crippen molar-refractivity contribution in [2.45, 2.75) is 13.1 Å². The van der Waals surface area contributed by atoms with Crippen molar-refractivity contribution in [3.8, 4) is 11.4 Å². The molecule has 0 atom stereocenters. The molecule has 3 heterocycles. The van der Waals surface area contributed by atoms with Crippen LogP contribution in [0.3, 0.4) is 0 Å². The van der Waals surface area contributed by atoms with Gasteiger partial charge in [0.15, 0.2) is 5.82 Å². The van der Waals surface area contributed by atoms with Crippen LogP contribution >= 0.6 is 11.3 Å². The van der Waals surface area contributed by atoms with E-state index in [0.717, 1.165) is 23.8 Å². The second-order valence-electron chi connectivity index (χ2n) is 4.32. The molecule has 104 valence electrons. The van der Waals surface area contributed by atoms with Crippen LogP contribution in [0.15, 0.2) is 35.5 Å². The lowest BCUT2D eigenvalue weighted by atomic mass is 10.3. The van der Waals surface area contributed by atoms with Crippen LogP contribution in [0.25, 0.3) is 11.4 Å². The average Bonchev–Trinajstić information content (AvgIpc) is 3.18. The van der Waals surface area contributed by atoms with E-state index in [4.69, 9.17) is 4.74 Å². The minimum absolute atomic E-state index is 0.645. The molecule has 0 saturated carbocycles. The van der Waals surface area contributed by atoms with Crippen LogP contribution in [0.1, 0.15) is 5.82 Å². The number of hydrogen-bond donors (Lipinski definition) is 0. The van der Waals surface area contributed by atoms with Gasteiger partial charge >= 0.3 is 0 Å². The lowest BCUT2D eigenvalue weighted by molar-refractivity contribution is 0.186. The third kappa shape index (κ3) is 2.63. The Morgan fingerprint density at radius 3 is 3.10 bits per heavy atom. The summed E-state index contributed by atoms with van der Waals surface area (Å²) in [5, 5.41) is 12.3. The number of ether oxygens (including phenoxy) is 1. The molecule has 0 spiro atoms. The van der Waals surface area contributed by atoms with Gasteiger partial charge in [0.1, 0.15) is 12.2 Å². The van der Waals surface area contributed by atoms with Gasteiger partial charge in [-0.3, -0.25) is 0 Å². The standard InChI is InChI=1S/C13H15N5OS/c1-19-6-5-18-10-15-16-12(18)8-17-4-3-14-13(17)11-2-7-20-9-11/h2-4,7,9-10H,5-6,8H2,1H3. The molecule has 0 saturated heterocycles. The number of imidazole rings is 1. The van der Waals surface area contributed by atoms with E-state index in [0.29, 0.717) is 13.2 Å². The van der Waals surface area contributed by atoms with Gasteiger partial charge in [-0.15, -0.1) is 10.2 Å². The number of aromatic nitrogens is 5. The van der Waals surface area contributed by atoms with E-state index < -0.39 is 0 Å². The second-order valence-corrected chi connectivity index (χ2v) is 5.10. The Bertz CT molecular complexity index is 658. The molecule has 3 aromatic rings. The Balaban J connectivity index is 1.82. The quantitative estimate of drug-likeness (QED) is 0.695. The summed E-state index contributed by atoms with van der Waals surface area (Å²) in [5.41, 5.74) is 1.13. The lowest BCUT2D eigenvalue weighted by Gasteiger charge is -2.08. The highest BCUT2D eigenvalue weighted by Crippen LogP contribution is 2.20. The maximum atomic E-state index is 5.09. The molecule has 0 amide bonds. The Morgan fingerprint density at radius 1 is 1.35 bits per heavy atom. The van der Waals surface area contributed by atoms with Crippen molar-refractivity contribution in [3.63, 3.8) is 0 Å². The molecule has 0 aliphatic rings.